The zero-order chi connectivity index (χ0) is 13.2. The second-order valence-corrected chi connectivity index (χ2v) is 5.15. The van der Waals surface area contributed by atoms with E-state index in [1.165, 1.54) is 0 Å². The molecule has 1 saturated heterocycles. The molecule has 0 aliphatic carbocycles. The molecule has 1 aromatic heterocycles. The molecule has 2 heterocycles. The van der Waals surface area contributed by atoms with Gasteiger partial charge in [0.25, 0.3) is 0 Å². The highest BCUT2D eigenvalue weighted by Crippen LogP contribution is 2.30. The van der Waals surface area contributed by atoms with Crippen molar-refractivity contribution in [3.63, 3.8) is 0 Å². The van der Waals surface area contributed by atoms with Crippen molar-refractivity contribution in [2.75, 3.05) is 25.5 Å². The van der Waals surface area contributed by atoms with Crippen LogP contribution in [0.15, 0.2) is 18.3 Å². The van der Waals surface area contributed by atoms with Gasteiger partial charge >= 0.3 is 0 Å². The number of nitrogens with two attached hydrogens (primary N) is 1. The fraction of sp³-hybridized carbons (Fsp3) is 0.538. The number of hydrogen-bond acceptors (Lipinski definition) is 4. The van der Waals surface area contributed by atoms with E-state index in [1.807, 2.05) is 20.0 Å². The number of amides is 1. The third-order valence-electron chi connectivity index (χ3n) is 3.67. The number of carbonyl (C=O) groups is 1. The standard InChI is InChI=1S/C13H20N4O/c1-13(12(14)18)5-7-17(9-13)8-10-4-3-6-16-11(10)15-2/h3-4,6H,5,7-9H2,1-2H3,(H2,14,18)(H,15,16). The fourth-order valence-corrected chi connectivity index (χ4v) is 2.42. The van der Waals surface area contributed by atoms with E-state index in [2.05, 4.69) is 21.3 Å². The lowest BCUT2D eigenvalue weighted by Crippen LogP contribution is -2.37. The number of primary amides is 1. The zero-order valence-corrected chi connectivity index (χ0v) is 10.9. The van der Waals surface area contributed by atoms with Crippen LogP contribution in [0.4, 0.5) is 5.82 Å². The first-order chi connectivity index (χ1) is 8.55. The third kappa shape index (κ3) is 2.46. The van der Waals surface area contributed by atoms with Crippen LogP contribution in [0.2, 0.25) is 0 Å². The molecular formula is C13H20N4O. The molecule has 1 fully saturated rings. The van der Waals surface area contributed by atoms with Crippen LogP contribution < -0.4 is 11.1 Å². The number of rotatable bonds is 4. The molecule has 5 nitrogen and oxygen atoms in total. The van der Waals surface area contributed by atoms with Gasteiger partial charge in [-0.2, -0.15) is 0 Å². The minimum Gasteiger partial charge on any atom is -0.373 e. The Kier molecular flexibility index (Phi) is 3.52. The van der Waals surface area contributed by atoms with Crippen LogP contribution in [0.25, 0.3) is 0 Å². The topological polar surface area (TPSA) is 71.2 Å². The number of likely N-dealkylation sites (tertiary alicyclic amines) is 1. The van der Waals surface area contributed by atoms with Gasteiger partial charge in [-0.25, -0.2) is 4.98 Å². The molecule has 0 spiro atoms. The maximum atomic E-state index is 11.4. The van der Waals surface area contributed by atoms with Crippen molar-refractivity contribution < 1.29 is 4.79 Å². The van der Waals surface area contributed by atoms with Crippen LogP contribution >= 0.6 is 0 Å². The van der Waals surface area contributed by atoms with Crippen molar-refractivity contribution in [3.05, 3.63) is 23.9 Å². The summed E-state index contributed by atoms with van der Waals surface area (Å²) in [7, 11) is 1.86. The largest absolute Gasteiger partial charge is 0.373 e. The average molecular weight is 248 g/mol. The Balaban J connectivity index is 2.06. The molecule has 1 aromatic rings. The third-order valence-corrected chi connectivity index (χ3v) is 3.67. The van der Waals surface area contributed by atoms with Crippen LogP contribution in [0.3, 0.4) is 0 Å². The Labute approximate surface area is 107 Å². The van der Waals surface area contributed by atoms with Gasteiger partial charge < -0.3 is 11.1 Å². The van der Waals surface area contributed by atoms with E-state index >= 15 is 0 Å². The van der Waals surface area contributed by atoms with Gasteiger partial charge in [0.15, 0.2) is 0 Å². The van der Waals surface area contributed by atoms with Crippen molar-refractivity contribution >= 4 is 11.7 Å². The molecule has 3 N–H and O–H groups in total. The highest BCUT2D eigenvalue weighted by molar-refractivity contribution is 5.81. The Morgan fingerprint density at radius 2 is 2.44 bits per heavy atom. The summed E-state index contributed by atoms with van der Waals surface area (Å²) in [6, 6.07) is 3.98. The maximum absolute atomic E-state index is 11.4. The van der Waals surface area contributed by atoms with E-state index in [1.54, 1.807) is 6.20 Å². The summed E-state index contributed by atoms with van der Waals surface area (Å²) in [5, 5.41) is 3.08. The number of nitrogens with one attached hydrogen (secondary N) is 1. The number of pyridine rings is 1. The lowest BCUT2D eigenvalue weighted by Gasteiger charge is -2.21. The number of aromatic nitrogens is 1. The SMILES string of the molecule is CNc1ncccc1CN1CCC(C)(C(N)=O)C1. The maximum Gasteiger partial charge on any atom is 0.224 e. The molecule has 0 bridgehead atoms. The van der Waals surface area contributed by atoms with Crippen molar-refractivity contribution in [2.45, 2.75) is 19.9 Å². The first-order valence-electron chi connectivity index (χ1n) is 6.19. The molecule has 98 valence electrons. The van der Waals surface area contributed by atoms with Crippen molar-refractivity contribution in [3.8, 4) is 0 Å². The summed E-state index contributed by atoms with van der Waals surface area (Å²) in [6.45, 7) is 4.36. The molecule has 1 amide bonds. The van der Waals surface area contributed by atoms with E-state index in [9.17, 15) is 4.79 Å². The summed E-state index contributed by atoms with van der Waals surface area (Å²) >= 11 is 0. The fourth-order valence-electron chi connectivity index (χ4n) is 2.42. The number of carbonyl (C=O) groups excluding carboxylic acids is 1. The summed E-state index contributed by atoms with van der Waals surface area (Å²) < 4.78 is 0. The first kappa shape index (κ1) is 12.8. The second-order valence-electron chi connectivity index (χ2n) is 5.15. The predicted octanol–water partition coefficient (Wildman–Crippen LogP) is 0.821. The van der Waals surface area contributed by atoms with E-state index in [0.717, 1.165) is 37.4 Å². The van der Waals surface area contributed by atoms with Gasteiger partial charge in [0.05, 0.1) is 5.41 Å². The van der Waals surface area contributed by atoms with Crippen molar-refractivity contribution in [2.24, 2.45) is 11.1 Å². The first-order valence-corrected chi connectivity index (χ1v) is 6.19. The normalized spacial score (nSPS) is 24.1. The highest BCUT2D eigenvalue weighted by atomic mass is 16.1. The molecule has 0 aromatic carbocycles. The number of hydrogen-bond donors (Lipinski definition) is 2. The zero-order valence-electron chi connectivity index (χ0n) is 10.9. The summed E-state index contributed by atoms with van der Waals surface area (Å²) in [5.41, 5.74) is 6.21. The minimum absolute atomic E-state index is 0.204. The average Bonchev–Trinajstić information content (AvgIpc) is 2.73. The Bertz CT molecular complexity index is 448. The van der Waals surface area contributed by atoms with Crippen LogP contribution in [-0.2, 0) is 11.3 Å². The second kappa shape index (κ2) is 4.94. The van der Waals surface area contributed by atoms with Crippen LogP contribution in [0.5, 0.6) is 0 Å². The Morgan fingerprint density at radius 3 is 3.06 bits per heavy atom. The summed E-state index contributed by atoms with van der Waals surface area (Å²) in [6.07, 6.45) is 2.60. The Hall–Kier alpha value is -1.62. The van der Waals surface area contributed by atoms with E-state index in [4.69, 9.17) is 5.73 Å². The molecule has 0 saturated carbocycles. The quantitative estimate of drug-likeness (QED) is 0.827. The summed E-state index contributed by atoms with van der Waals surface area (Å²) in [4.78, 5) is 17.9. The van der Waals surface area contributed by atoms with Gasteiger partial charge in [0, 0.05) is 31.9 Å². The molecule has 18 heavy (non-hydrogen) atoms. The van der Waals surface area contributed by atoms with Gasteiger partial charge in [-0.05, 0) is 26.0 Å². The van der Waals surface area contributed by atoms with Gasteiger partial charge in [0.2, 0.25) is 5.91 Å². The van der Waals surface area contributed by atoms with Crippen LogP contribution in [0.1, 0.15) is 18.9 Å². The van der Waals surface area contributed by atoms with Crippen molar-refractivity contribution in [1.29, 1.82) is 0 Å². The monoisotopic (exact) mass is 248 g/mol. The lowest BCUT2D eigenvalue weighted by molar-refractivity contribution is -0.126. The van der Waals surface area contributed by atoms with Gasteiger partial charge in [-0.15, -0.1) is 0 Å². The minimum atomic E-state index is -0.387. The van der Waals surface area contributed by atoms with Gasteiger partial charge in [-0.1, -0.05) is 6.07 Å². The smallest absolute Gasteiger partial charge is 0.224 e. The van der Waals surface area contributed by atoms with E-state index in [-0.39, 0.29) is 11.3 Å². The Morgan fingerprint density at radius 1 is 1.67 bits per heavy atom. The van der Waals surface area contributed by atoms with Gasteiger partial charge in [0.1, 0.15) is 5.82 Å². The van der Waals surface area contributed by atoms with E-state index < -0.39 is 0 Å². The van der Waals surface area contributed by atoms with Crippen LogP contribution in [-0.4, -0.2) is 35.9 Å². The highest BCUT2D eigenvalue weighted by Gasteiger charge is 2.38. The van der Waals surface area contributed by atoms with Crippen LogP contribution in [0, 0.1) is 5.41 Å². The number of anilines is 1. The molecule has 0 radical (unpaired) electrons. The number of nitrogens with zero attached hydrogens (tertiary/aromatic N) is 2. The molecule has 1 unspecified atom stereocenters. The molecule has 1 aliphatic heterocycles. The molecule has 1 atom stereocenters. The lowest BCUT2D eigenvalue weighted by atomic mass is 9.89. The van der Waals surface area contributed by atoms with Gasteiger partial charge in [-0.3, -0.25) is 9.69 Å². The van der Waals surface area contributed by atoms with Crippen molar-refractivity contribution in [1.82, 2.24) is 9.88 Å². The van der Waals surface area contributed by atoms with E-state index in [0.29, 0.717) is 0 Å². The molecular weight excluding hydrogens is 228 g/mol. The summed E-state index contributed by atoms with van der Waals surface area (Å²) in [5.74, 6) is 0.690. The molecule has 5 heteroatoms. The molecule has 1 aliphatic rings. The molecule has 2 rings (SSSR count). The predicted molar refractivity (Wildman–Crippen MR) is 71.0 cm³/mol.